The molecular formula is C15H22N4. The smallest absolute Gasteiger partial charge is 0.222 e. The van der Waals surface area contributed by atoms with E-state index in [0.29, 0.717) is 11.5 Å². The van der Waals surface area contributed by atoms with E-state index in [0.717, 1.165) is 29.3 Å². The second-order valence-corrected chi connectivity index (χ2v) is 7.08. The number of nitrogen functional groups attached to an aromatic ring is 1. The van der Waals surface area contributed by atoms with Gasteiger partial charge in [0.05, 0.1) is 0 Å². The molecule has 0 saturated heterocycles. The number of hydrogen-bond donors (Lipinski definition) is 2. The summed E-state index contributed by atoms with van der Waals surface area (Å²) in [4.78, 5) is 8.52. The lowest BCUT2D eigenvalue weighted by molar-refractivity contribution is 0.0105. The fourth-order valence-electron chi connectivity index (χ4n) is 5.19. The molecule has 102 valence electrons. The number of aromatic nitrogens is 2. The zero-order valence-electron chi connectivity index (χ0n) is 11.5. The molecule has 4 bridgehead atoms. The monoisotopic (exact) mass is 258 g/mol. The number of nitrogens with two attached hydrogens (primary N) is 1. The summed E-state index contributed by atoms with van der Waals surface area (Å²) in [5, 5.41) is 3.74. The Hall–Kier alpha value is -1.32. The molecule has 1 aromatic rings. The minimum atomic E-state index is 0.294. The van der Waals surface area contributed by atoms with Gasteiger partial charge in [-0.3, -0.25) is 0 Å². The van der Waals surface area contributed by atoms with Crippen molar-refractivity contribution in [1.29, 1.82) is 0 Å². The maximum atomic E-state index is 5.76. The van der Waals surface area contributed by atoms with Crippen molar-refractivity contribution in [3.05, 3.63) is 11.8 Å². The number of hydrogen-bond acceptors (Lipinski definition) is 4. The van der Waals surface area contributed by atoms with Crippen molar-refractivity contribution in [2.45, 2.75) is 51.0 Å². The predicted molar refractivity (Wildman–Crippen MR) is 75.7 cm³/mol. The molecule has 4 aliphatic carbocycles. The molecule has 4 saturated carbocycles. The van der Waals surface area contributed by atoms with Gasteiger partial charge in [-0.1, -0.05) is 0 Å². The molecule has 4 nitrogen and oxygen atoms in total. The number of rotatable bonds is 2. The van der Waals surface area contributed by atoms with Crippen molar-refractivity contribution in [2.24, 2.45) is 17.8 Å². The van der Waals surface area contributed by atoms with Crippen LogP contribution < -0.4 is 11.1 Å². The van der Waals surface area contributed by atoms with Crippen LogP contribution in [0.15, 0.2) is 6.07 Å². The van der Waals surface area contributed by atoms with Gasteiger partial charge in [-0.2, -0.15) is 4.98 Å². The molecule has 0 atom stereocenters. The largest absolute Gasteiger partial charge is 0.368 e. The maximum absolute atomic E-state index is 5.76. The molecule has 0 aliphatic heterocycles. The van der Waals surface area contributed by atoms with Gasteiger partial charge < -0.3 is 11.1 Å². The number of anilines is 2. The molecule has 1 aromatic heterocycles. The van der Waals surface area contributed by atoms with Gasteiger partial charge in [0.25, 0.3) is 0 Å². The zero-order valence-corrected chi connectivity index (χ0v) is 11.5. The Balaban J connectivity index is 1.62. The molecule has 0 aromatic carbocycles. The third-order valence-corrected chi connectivity index (χ3v) is 5.30. The van der Waals surface area contributed by atoms with Gasteiger partial charge in [-0.25, -0.2) is 4.98 Å². The van der Waals surface area contributed by atoms with E-state index in [2.05, 4.69) is 15.3 Å². The highest BCUT2D eigenvalue weighted by Crippen LogP contribution is 2.56. The normalized spacial score (nSPS) is 39.5. The van der Waals surface area contributed by atoms with Gasteiger partial charge in [0.1, 0.15) is 5.82 Å². The van der Waals surface area contributed by atoms with E-state index in [-0.39, 0.29) is 0 Å². The second kappa shape index (κ2) is 3.84. The summed E-state index contributed by atoms with van der Waals surface area (Å²) < 4.78 is 0. The molecule has 0 radical (unpaired) electrons. The van der Waals surface area contributed by atoms with Crippen LogP contribution in [0.2, 0.25) is 0 Å². The van der Waals surface area contributed by atoms with Crippen molar-refractivity contribution in [3.63, 3.8) is 0 Å². The molecule has 19 heavy (non-hydrogen) atoms. The van der Waals surface area contributed by atoms with Crippen LogP contribution in [0.3, 0.4) is 0 Å². The van der Waals surface area contributed by atoms with Crippen molar-refractivity contribution in [1.82, 2.24) is 9.97 Å². The van der Waals surface area contributed by atoms with E-state index in [1.54, 1.807) is 0 Å². The highest BCUT2D eigenvalue weighted by molar-refractivity contribution is 5.43. The van der Waals surface area contributed by atoms with Crippen molar-refractivity contribution in [3.8, 4) is 0 Å². The fourth-order valence-corrected chi connectivity index (χ4v) is 5.19. The van der Waals surface area contributed by atoms with E-state index in [1.807, 2.05) is 13.0 Å². The van der Waals surface area contributed by atoms with E-state index in [1.165, 1.54) is 38.5 Å². The summed E-state index contributed by atoms with van der Waals surface area (Å²) in [6.07, 6.45) is 8.36. The minimum Gasteiger partial charge on any atom is -0.368 e. The van der Waals surface area contributed by atoms with E-state index >= 15 is 0 Å². The van der Waals surface area contributed by atoms with E-state index < -0.39 is 0 Å². The number of nitrogens with zero attached hydrogens (tertiary/aromatic N) is 2. The van der Waals surface area contributed by atoms with Gasteiger partial charge in [0, 0.05) is 17.3 Å². The fraction of sp³-hybridized carbons (Fsp3) is 0.733. The van der Waals surface area contributed by atoms with Gasteiger partial charge in [-0.05, 0) is 63.2 Å². The number of nitrogens with one attached hydrogen (secondary N) is 1. The predicted octanol–water partition coefficient (Wildman–Crippen LogP) is 2.75. The Bertz CT molecular complexity index is 455. The van der Waals surface area contributed by atoms with Gasteiger partial charge in [0.15, 0.2) is 0 Å². The zero-order chi connectivity index (χ0) is 13.0. The Morgan fingerprint density at radius 2 is 1.68 bits per heavy atom. The van der Waals surface area contributed by atoms with Crippen LogP contribution in [-0.4, -0.2) is 15.5 Å². The van der Waals surface area contributed by atoms with Crippen LogP contribution in [0.25, 0.3) is 0 Å². The summed E-state index contributed by atoms with van der Waals surface area (Å²) in [5.41, 5.74) is 7.00. The summed E-state index contributed by atoms with van der Waals surface area (Å²) in [5.74, 6) is 4.14. The lowest BCUT2D eigenvalue weighted by atomic mass is 9.53. The molecule has 4 fully saturated rings. The summed E-state index contributed by atoms with van der Waals surface area (Å²) in [7, 11) is 0. The van der Waals surface area contributed by atoms with Crippen LogP contribution >= 0.6 is 0 Å². The molecule has 5 rings (SSSR count). The number of aryl methyl sites for hydroxylation is 1. The molecule has 0 unspecified atom stereocenters. The van der Waals surface area contributed by atoms with Crippen LogP contribution in [0.5, 0.6) is 0 Å². The molecule has 4 heteroatoms. The third kappa shape index (κ3) is 1.97. The molecule has 1 heterocycles. The van der Waals surface area contributed by atoms with Crippen LogP contribution in [0.1, 0.15) is 44.2 Å². The summed E-state index contributed by atoms with van der Waals surface area (Å²) >= 11 is 0. The highest BCUT2D eigenvalue weighted by Gasteiger charge is 2.51. The standard InChI is InChI=1S/C15H22N4/c1-9-2-13(18-14(16)17-9)19-15-6-10-3-11(7-15)5-12(4-10)8-15/h2,10-12H,3-8H2,1H3,(H3,16,17,18,19). The Labute approximate surface area is 114 Å². The molecule has 3 N–H and O–H groups in total. The highest BCUT2D eigenvalue weighted by atomic mass is 15.1. The van der Waals surface area contributed by atoms with E-state index in [9.17, 15) is 0 Å². The third-order valence-electron chi connectivity index (χ3n) is 5.30. The first-order valence-electron chi connectivity index (χ1n) is 7.50. The average Bonchev–Trinajstić information content (AvgIpc) is 2.23. The minimum absolute atomic E-state index is 0.294. The van der Waals surface area contributed by atoms with Gasteiger partial charge in [0.2, 0.25) is 5.95 Å². The van der Waals surface area contributed by atoms with Gasteiger partial charge >= 0.3 is 0 Å². The molecule has 0 amide bonds. The Kier molecular flexibility index (Phi) is 2.32. The second-order valence-electron chi connectivity index (χ2n) is 7.08. The quantitative estimate of drug-likeness (QED) is 0.856. The average molecular weight is 258 g/mol. The lowest BCUT2D eigenvalue weighted by Gasteiger charge is -2.57. The first kappa shape index (κ1) is 11.5. The van der Waals surface area contributed by atoms with Gasteiger partial charge in [-0.15, -0.1) is 0 Å². The Morgan fingerprint density at radius 1 is 1.11 bits per heavy atom. The summed E-state index contributed by atoms with van der Waals surface area (Å²) in [6.45, 7) is 1.98. The van der Waals surface area contributed by atoms with E-state index in [4.69, 9.17) is 5.73 Å². The summed E-state index contributed by atoms with van der Waals surface area (Å²) in [6, 6.07) is 2.02. The molecule has 4 aliphatic rings. The van der Waals surface area contributed by atoms with Crippen molar-refractivity contribution in [2.75, 3.05) is 11.1 Å². The van der Waals surface area contributed by atoms with Crippen molar-refractivity contribution >= 4 is 11.8 Å². The SMILES string of the molecule is Cc1cc(NC23CC4CC(CC(C4)C2)C3)nc(N)n1. The molecule has 0 spiro atoms. The van der Waals surface area contributed by atoms with Crippen LogP contribution in [0.4, 0.5) is 11.8 Å². The van der Waals surface area contributed by atoms with Crippen LogP contribution in [0, 0.1) is 24.7 Å². The van der Waals surface area contributed by atoms with Crippen LogP contribution in [-0.2, 0) is 0 Å². The van der Waals surface area contributed by atoms with Crippen molar-refractivity contribution < 1.29 is 0 Å². The molecular weight excluding hydrogens is 236 g/mol. The Morgan fingerprint density at radius 3 is 2.21 bits per heavy atom. The first-order chi connectivity index (χ1) is 9.10. The lowest BCUT2D eigenvalue weighted by Crippen LogP contribution is -2.54. The maximum Gasteiger partial charge on any atom is 0.222 e. The topological polar surface area (TPSA) is 63.8 Å². The first-order valence-corrected chi connectivity index (χ1v) is 7.50.